The van der Waals surface area contributed by atoms with E-state index >= 15 is 0 Å². The molecular formula is C28H79O15Si12+. The maximum Gasteiger partial charge on any atom is 1.00 e. The summed E-state index contributed by atoms with van der Waals surface area (Å²) >= 11 is 0. The third-order valence-corrected chi connectivity index (χ3v) is 57.3. The average Bonchev–Trinajstić information content (AvgIpc) is 2.83. The summed E-state index contributed by atoms with van der Waals surface area (Å²) in [6, 6.07) is 0. The Labute approximate surface area is 352 Å². The third-order valence-electron chi connectivity index (χ3n) is 7.33. The van der Waals surface area contributed by atoms with Gasteiger partial charge in [-0.1, -0.05) is 26.2 Å². The minimum absolute atomic E-state index is 0. The topological polar surface area (TPSA) is 192 Å². The standard InChI is InChI=1S/C16H34O9Si4.C12H42O5Si8.H2O/c1-13(17)21-28(9,22-14(2)18)11-26(5,6)25-27(7,8)12-29(10,23-15(3)19)24-16(4)20;1-18-13-24(9,14-19-2)11-22(5,6)17-23(7,8)12-25(10,15-20-3)16-21-4;/h11-12H2,1-10H3;11-12,18-21H2,1-10H3;1H2/p+1. The van der Waals surface area contributed by atoms with Crippen LogP contribution in [0.4, 0.5) is 0 Å². The van der Waals surface area contributed by atoms with Crippen molar-refractivity contribution in [2.45, 2.75) is 155 Å². The number of rotatable bonds is 24. The molecule has 0 amide bonds. The van der Waals surface area contributed by atoms with Gasteiger partial charge in [-0.25, -0.2) is 0 Å². The molecule has 0 aliphatic rings. The van der Waals surface area contributed by atoms with E-state index in [1.807, 2.05) is 26.2 Å². The molecule has 0 fully saturated rings. The van der Waals surface area contributed by atoms with Gasteiger partial charge in [-0.15, -0.1) is 0 Å². The van der Waals surface area contributed by atoms with E-state index in [9.17, 15) is 19.2 Å². The van der Waals surface area contributed by atoms with Gasteiger partial charge in [-0.3, -0.25) is 19.2 Å². The largest absolute Gasteiger partial charge is 1.00 e. The quantitative estimate of drug-likeness (QED) is 0.128. The second kappa shape index (κ2) is 25.1. The summed E-state index contributed by atoms with van der Waals surface area (Å²) in [7, 11) is -20.7. The smallest absolute Gasteiger partial charge is 0.485 e. The van der Waals surface area contributed by atoms with Gasteiger partial charge >= 0.3 is 35.7 Å². The van der Waals surface area contributed by atoms with Crippen molar-refractivity contribution in [3.63, 3.8) is 0 Å². The van der Waals surface area contributed by atoms with E-state index in [4.69, 9.17) is 42.4 Å². The molecule has 0 radical (unpaired) electrons. The summed E-state index contributed by atoms with van der Waals surface area (Å²) in [4.78, 5) is 46.1. The first kappa shape index (κ1) is 59.5. The lowest BCUT2D eigenvalue weighted by Gasteiger charge is -2.41. The Morgan fingerprint density at radius 3 is 0.691 bits per heavy atom. The van der Waals surface area contributed by atoms with E-state index in [1.54, 1.807) is 13.1 Å². The van der Waals surface area contributed by atoms with Crippen LogP contribution in [0.25, 0.3) is 0 Å². The van der Waals surface area contributed by atoms with Crippen LogP contribution in [0.1, 0.15) is 29.1 Å². The lowest BCUT2D eigenvalue weighted by molar-refractivity contribution is -0.140. The first-order valence-electron chi connectivity index (χ1n) is 18.9. The summed E-state index contributed by atoms with van der Waals surface area (Å²) < 4.78 is 59.9. The SMILES string of the molecule is CC(=O)O[Si](C)(C[Si](C)(C)O[Si](C)(C)C[Si](C)(OC(C)=O)OC(C)=O)OC(C)=O.C[SiH2]O[Si](C)(C[Si](C)(C)O[Si](C)(C)C[Si](C)(O[SiH2]C)O[SiH2]C)O[SiH2]C.O.[H+]. The van der Waals surface area contributed by atoms with Gasteiger partial charge in [0.2, 0.25) is 0 Å². The van der Waals surface area contributed by atoms with Crippen LogP contribution < -0.4 is 0 Å². The molecule has 0 spiro atoms. The fourth-order valence-corrected chi connectivity index (χ4v) is 69.0. The normalized spacial score (nSPS) is 15.8. The first-order chi connectivity index (χ1) is 24.2. The van der Waals surface area contributed by atoms with E-state index in [2.05, 4.69) is 65.5 Å². The van der Waals surface area contributed by atoms with Crippen molar-refractivity contribution < 1.29 is 68.5 Å². The molecule has 27 heteroatoms. The number of carbonyl (C=O) groups is 4. The lowest BCUT2D eigenvalue weighted by atomic mass is 10.9. The summed E-state index contributed by atoms with van der Waals surface area (Å²) in [6.45, 7) is 39.0. The lowest BCUT2D eigenvalue weighted by Crippen LogP contribution is -2.56. The van der Waals surface area contributed by atoms with E-state index < -0.39 is 130 Å². The fraction of sp³-hybridized carbons (Fsp3) is 0.857. The van der Waals surface area contributed by atoms with Crippen molar-refractivity contribution in [3.8, 4) is 0 Å². The second-order valence-electron chi connectivity index (χ2n) is 16.6. The molecule has 0 unspecified atom stereocenters. The molecule has 0 heterocycles. The van der Waals surface area contributed by atoms with Crippen molar-refractivity contribution in [1.82, 2.24) is 0 Å². The van der Waals surface area contributed by atoms with Gasteiger partial charge in [-0.05, 0) is 65.5 Å². The van der Waals surface area contributed by atoms with Crippen LogP contribution in [-0.2, 0) is 61.6 Å². The van der Waals surface area contributed by atoms with Crippen LogP contribution in [0.3, 0.4) is 0 Å². The molecular weight excluding hydrogens is 913 g/mol. The van der Waals surface area contributed by atoms with Crippen LogP contribution in [0, 0.1) is 0 Å². The Morgan fingerprint density at radius 2 is 0.545 bits per heavy atom. The Kier molecular flexibility index (Phi) is 27.1. The molecule has 0 saturated carbocycles. The number of carbonyl (C=O) groups excluding carboxylic acids is 4. The van der Waals surface area contributed by atoms with Crippen LogP contribution in [0.15, 0.2) is 0 Å². The maximum atomic E-state index is 11.5. The van der Waals surface area contributed by atoms with Gasteiger partial charge in [0.05, 0.1) is 0 Å². The summed E-state index contributed by atoms with van der Waals surface area (Å²) in [5.41, 5.74) is 2.80. The maximum absolute atomic E-state index is 11.5. The molecule has 0 aromatic carbocycles. The van der Waals surface area contributed by atoms with Crippen LogP contribution >= 0.6 is 0 Å². The Balaban J connectivity index is -0.000000471. The third kappa shape index (κ3) is 28.3. The first-order valence-corrected chi connectivity index (χ1v) is 49.4. The Hall–Kier alpha value is 0.203. The van der Waals surface area contributed by atoms with E-state index in [-0.39, 0.29) is 6.90 Å². The van der Waals surface area contributed by atoms with Gasteiger partial charge in [0.15, 0.2) is 33.3 Å². The molecule has 0 rings (SSSR count). The van der Waals surface area contributed by atoms with E-state index in [0.29, 0.717) is 11.3 Å². The summed E-state index contributed by atoms with van der Waals surface area (Å²) in [5, 5.41) is 0. The minimum atomic E-state index is -3.12. The van der Waals surface area contributed by atoms with Crippen LogP contribution in [0.5, 0.6) is 0 Å². The molecule has 0 aromatic rings. The van der Waals surface area contributed by atoms with Crippen molar-refractivity contribution in [1.29, 1.82) is 0 Å². The van der Waals surface area contributed by atoms with E-state index in [1.165, 1.54) is 27.7 Å². The molecule has 0 atom stereocenters. The zero-order chi connectivity index (χ0) is 43.0. The molecule has 15 nitrogen and oxygen atoms in total. The molecule has 0 saturated heterocycles. The zero-order valence-corrected chi connectivity index (χ0v) is 51.5. The number of hydrogen-bond acceptors (Lipinski definition) is 14. The Morgan fingerprint density at radius 1 is 0.382 bits per heavy atom. The van der Waals surface area contributed by atoms with Crippen LogP contribution in [-0.4, -0.2) is 136 Å². The van der Waals surface area contributed by atoms with Crippen molar-refractivity contribution in [2.75, 3.05) is 0 Å². The fourth-order valence-electron chi connectivity index (χ4n) is 7.64. The summed E-state index contributed by atoms with van der Waals surface area (Å²) in [6.07, 6.45) is 0. The zero-order valence-electron chi connectivity index (χ0n) is 38.9. The second-order valence-corrected chi connectivity index (χ2v) is 54.8. The predicted molar refractivity (Wildman–Crippen MR) is 252 cm³/mol. The van der Waals surface area contributed by atoms with E-state index in [0.717, 1.165) is 11.3 Å². The van der Waals surface area contributed by atoms with Crippen molar-refractivity contribution in [2.24, 2.45) is 0 Å². The average molecular weight is 993 g/mol. The minimum Gasteiger partial charge on any atom is -0.485 e. The highest BCUT2D eigenvalue weighted by atomic mass is 28.5. The molecule has 0 aliphatic carbocycles. The van der Waals surface area contributed by atoms with Gasteiger partial charge in [-0.2, -0.15) is 0 Å². The molecule has 0 bridgehead atoms. The van der Waals surface area contributed by atoms with Crippen molar-refractivity contribution in [3.05, 3.63) is 0 Å². The van der Waals surface area contributed by atoms with Crippen molar-refractivity contribution >= 4 is 130 Å². The molecule has 55 heavy (non-hydrogen) atoms. The molecule has 0 aliphatic heterocycles. The molecule has 2 N–H and O–H groups in total. The highest BCUT2D eigenvalue weighted by Gasteiger charge is 2.51. The summed E-state index contributed by atoms with van der Waals surface area (Å²) in [5.74, 6) is -2.03. The van der Waals surface area contributed by atoms with Gasteiger partial charge in [0.1, 0.15) is 39.1 Å². The Bertz CT molecular complexity index is 1090. The highest BCUT2D eigenvalue weighted by Crippen LogP contribution is 2.32. The van der Waals surface area contributed by atoms with Crippen LogP contribution in [0.2, 0.25) is 127 Å². The van der Waals surface area contributed by atoms with Gasteiger partial charge < -0.3 is 47.9 Å². The van der Waals surface area contributed by atoms with Gasteiger partial charge in [0.25, 0.3) is 23.9 Å². The molecule has 0 aromatic heterocycles. The predicted octanol–water partition coefficient (Wildman–Crippen LogP) is 3.41. The number of hydrogen-bond donors (Lipinski definition) is 0. The monoisotopic (exact) mass is 991 g/mol. The van der Waals surface area contributed by atoms with Gasteiger partial charge in [0, 0.05) is 63.5 Å². The molecule has 328 valence electrons. The highest BCUT2D eigenvalue weighted by molar-refractivity contribution is 6.98.